The van der Waals surface area contributed by atoms with Gasteiger partial charge in [0.05, 0.1) is 16.9 Å². The molecule has 4 rings (SSSR count). The number of rotatable bonds is 4. The topological polar surface area (TPSA) is 90.5 Å². The Morgan fingerprint density at radius 3 is 3.00 bits per heavy atom. The van der Waals surface area contributed by atoms with E-state index in [1.54, 1.807) is 17.1 Å². The largest absolute Gasteiger partial charge is 0.318 e. The Morgan fingerprint density at radius 2 is 2.20 bits per heavy atom. The first kappa shape index (κ1) is 15.9. The highest BCUT2D eigenvalue weighted by atomic mass is 32.1. The van der Waals surface area contributed by atoms with Crippen LogP contribution >= 0.6 is 11.3 Å². The zero-order valence-corrected chi connectivity index (χ0v) is 15.0. The molecule has 0 radical (unpaired) electrons. The Morgan fingerprint density at radius 1 is 1.32 bits per heavy atom. The number of amides is 1. The van der Waals surface area contributed by atoms with Crippen molar-refractivity contribution in [3.8, 4) is 0 Å². The number of hydrogen-bond acceptors (Lipinski definition) is 6. The summed E-state index contributed by atoms with van der Waals surface area (Å²) in [5, 5.41) is 16.6. The van der Waals surface area contributed by atoms with Gasteiger partial charge in [-0.2, -0.15) is 5.10 Å². The van der Waals surface area contributed by atoms with E-state index >= 15 is 0 Å². The lowest BCUT2D eigenvalue weighted by Gasteiger charge is -2.14. The first-order valence-corrected chi connectivity index (χ1v) is 9.10. The SMILES string of the molecule is Cc1nc(C(=O)Nc2cnn(Cc3nnc4n3CCCC4)c2)c(C)s1. The minimum atomic E-state index is -0.207. The van der Waals surface area contributed by atoms with Gasteiger partial charge in [0.2, 0.25) is 0 Å². The summed E-state index contributed by atoms with van der Waals surface area (Å²) in [6.45, 7) is 5.30. The van der Waals surface area contributed by atoms with Crippen LogP contribution in [0.4, 0.5) is 5.69 Å². The number of carbonyl (C=O) groups is 1. The number of hydrogen-bond donors (Lipinski definition) is 1. The van der Waals surface area contributed by atoms with E-state index in [-0.39, 0.29) is 5.91 Å². The summed E-state index contributed by atoms with van der Waals surface area (Å²) in [5.41, 5.74) is 1.12. The zero-order valence-electron chi connectivity index (χ0n) is 14.2. The predicted octanol–water partition coefficient (Wildman–Crippen LogP) is 2.18. The van der Waals surface area contributed by atoms with Crippen LogP contribution in [0.5, 0.6) is 0 Å². The van der Waals surface area contributed by atoms with E-state index in [0.717, 1.165) is 40.9 Å². The summed E-state index contributed by atoms with van der Waals surface area (Å²) in [4.78, 5) is 17.5. The maximum absolute atomic E-state index is 12.3. The molecule has 0 spiro atoms. The predicted molar refractivity (Wildman–Crippen MR) is 93.8 cm³/mol. The maximum Gasteiger partial charge on any atom is 0.275 e. The third kappa shape index (κ3) is 3.19. The molecule has 1 N–H and O–H groups in total. The Labute approximate surface area is 148 Å². The van der Waals surface area contributed by atoms with Gasteiger partial charge in [-0.1, -0.05) is 0 Å². The highest BCUT2D eigenvalue weighted by Gasteiger charge is 2.17. The van der Waals surface area contributed by atoms with Crippen molar-refractivity contribution in [2.45, 2.75) is 46.2 Å². The van der Waals surface area contributed by atoms with E-state index in [0.29, 0.717) is 17.9 Å². The standard InChI is InChI=1S/C16H19N7OS/c1-10-15(18-11(2)25-10)16(24)19-12-7-17-22(8-12)9-14-21-20-13-5-3-4-6-23(13)14/h7-8H,3-6,9H2,1-2H3,(H,19,24). The van der Waals surface area contributed by atoms with E-state index in [4.69, 9.17) is 0 Å². The van der Waals surface area contributed by atoms with Gasteiger partial charge in [-0.3, -0.25) is 9.48 Å². The Bertz CT molecular complexity index is 923. The third-order valence-electron chi connectivity index (χ3n) is 4.25. The first-order valence-electron chi connectivity index (χ1n) is 8.29. The van der Waals surface area contributed by atoms with E-state index < -0.39 is 0 Å². The minimum absolute atomic E-state index is 0.207. The van der Waals surface area contributed by atoms with Gasteiger partial charge in [-0.25, -0.2) is 4.98 Å². The number of thiazole rings is 1. The van der Waals surface area contributed by atoms with Crippen molar-refractivity contribution < 1.29 is 4.79 Å². The molecule has 3 aromatic heterocycles. The second-order valence-electron chi connectivity index (χ2n) is 6.16. The molecule has 4 heterocycles. The molecule has 1 aliphatic rings. The van der Waals surface area contributed by atoms with Crippen LogP contribution in [0, 0.1) is 13.8 Å². The average molecular weight is 357 g/mol. The number of fused-ring (bicyclic) bond motifs is 1. The average Bonchev–Trinajstić information content (AvgIpc) is 3.28. The molecule has 0 aromatic carbocycles. The molecule has 0 bridgehead atoms. The van der Waals surface area contributed by atoms with Crippen LogP contribution in [0.1, 0.15) is 44.9 Å². The Hall–Kier alpha value is -2.55. The molecule has 0 aliphatic carbocycles. The second kappa shape index (κ2) is 6.40. The summed E-state index contributed by atoms with van der Waals surface area (Å²) in [5.74, 6) is 1.75. The Kier molecular flexibility index (Phi) is 4.08. The normalized spacial score (nSPS) is 13.7. The van der Waals surface area contributed by atoms with Crippen molar-refractivity contribution in [1.82, 2.24) is 29.5 Å². The van der Waals surface area contributed by atoms with Crippen LogP contribution in [-0.2, 0) is 19.5 Å². The lowest BCUT2D eigenvalue weighted by molar-refractivity contribution is 0.102. The number of aromatic nitrogens is 6. The second-order valence-corrected chi connectivity index (χ2v) is 7.57. The lowest BCUT2D eigenvalue weighted by atomic mass is 10.2. The minimum Gasteiger partial charge on any atom is -0.318 e. The van der Waals surface area contributed by atoms with Gasteiger partial charge in [0.25, 0.3) is 5.91 Å². The molecule has 1 amide bonds. The molecule has 0 atom stereocenters. The van der Waals surface area contributed by atoms with Gasteiger partial charge >= 0.3 is 0 Å². The van der Waals surface area contributed by atoms with E-state index in [1.165, 1.54) is 17.8 Å². The van der Waals surface area contributed by atoms with Crippen molar-refractivity contribution >= 4 is 22.9 Å². The van der Waals surface area contributed by atoms with Crippen molar-refractivity contribution in [2.75, 3.05) is 5.32 Å². The monoisotopic (exact) mass is 357 g/mol. The third-order valence-corrected chi connectivity index (χ3v) is 5.14. The molecular weight excluding hydrogens is 338 g/mol. The molecule has 3 aromatic rings. The quantitative estimate of drug-likeness (QED) is 0.773. The molecular formula is C16H19N7OS. The van der Waals surface area contributed by atoms with Crippen LogP contribution in [-0.4, -0.2) is 35.4 Å². The molecule has 8 nitrogen and oxygen atoms in total. The molecule has 9 heteroatoms. The molecule has 0 saturated carbocycles. The van der Waals surface area contributed by atoms with Gasteiger partial charge in [0, 0.05) is 24.0 Å². The number of carbonyl (C=O) groups excluding carboxylic acids is 1. The van der Waals surface area contributed by atoms with Crippen molar-refractivity contribution in [3.63, 3.8) is 0 Å². The van der Waals surface area contributed by atoms with Crippen molar-refractivity contribution in [1.29, 1.82) is 0 Å². The fourth-order valence-electron chi connectivity index (χ4n) is 3.07. The fraction of sp³-hybridized carbons (Fsp3) is 0.438. The van der Waals surface area contributed by atoms with Crippen molar-refractivity contribution in [2.24, 2.45) is 0 Å². The van der Waals surface area contributed by atoms with Crippen LogP contribution in [0.3, 0.4) is 0 Å². The van der Waals surface area contributed by atoms with E-state index in [9.17, 15) is 4.79 Å². The molecule has 0 fully saturated rings. The van der Waals surface area contributed by atoms with Gasteiger partial charge in [-0.15, -0.1) is 21.5 Å². The highest BCUT2D eigenvalue weighted by molar-refractivity contribution is 7.11. The van der Waals surface area contributed by atoms with Gasteiger partial charge in [0.15, 0.2) is 5.82 Å². The zero-order chi connectivity index (χ0) is 17.4. The number of aryl methyl sites for hydroxylation is 3. The summed E-state index contributed by atoms with van der Waals surface area (Å²) in [7, 11) is 0. The molecule has 130 valence electrons. The molecule has 0 saturated heterocycles. The fourth-order valence-corrected chi connectivity index (χ4v) is 3.89. The Balaban J connectivity index is 1.46. The maximum atomic E-state index is 12.3. The molecule has 25 heavy (non-hydrogen) atoms. The molecule has 0 unspecified atom stereocenters. The number of anilines is 1. The summed E-state index contributed by atoms with van der Waals surface area (Å²) >= 11 is 1.52. The summed E-state index contributed by atoms with van der Waals surface area (Å²) in [6, 6.07) is 0. The molecule has 1 aliphatic heterocycles. The van der Waals surface area contributed by atoms with Crippen LogP contribution in [0.15, 0.2) is 12.4 Å². The van der Waals surface area contributed by atoms with Gasteiger partial charge in [-0.05, 0) is 26.7 Å². The van der Waals surface area contributed by atoms with E-state index in [1.807, 2.05) is 13.8 Å². The highest BCUT2D eigenvalue weighted by Crippen LogP contribution is 2.18. The van der Waals surface area contributed by atoms with Crippen molar-refractivity contribution in [3.05, 3.63) is 39.6 Å². The summed E-state index contributed by atoms with van der Waals surface area (Å²) < 4.78 is 3.94. The van der Waals surface area contributed by atoms with Gasteiger partial charge in [0.1, 0.15) is 18.1 Å². The summed E-state index contributed by atoms with van der Waals surface area (Å²) in [6.07, 6.45) is 6.76. The lowest BCUT2D eigenvalue weighted by Crippen LogP contribution is -2.15. The first-order chi connectivity index (χ1) is 12.1. The smallest absolute Gasteiger partial charge is 0.275 e. The van der Waals surface area contributed by atoms with Crippen LogP contribution < -0.4 is 5.32 Å². The van der Waals surface area contributed by atoms with Crippen LogP contribution in [0.25, 0.3) is 0 Å². The van der Waals surface area contributed by atoms with E-state index in [2.05, 4.69) is 30.2 Å². The number of nitrogens with one attached hydrogen (secondary N) is 1. The van der Waals surface area contributed by atoms with Crippen LogP contribution in [0.2, 0.25) is 0 Å². The number of nitrogens with zero attached hydrogens (tertiary/aromatic N) is 6. The van der Waals surface area contributed by atoms with Gasteiger partial charge < -0.3 is 9.88 Å².